The zero-order valence-corrected chi connectivity index (χ0v) is 7.32. The van der Waals surface area contributed by atoms with Gasteiger partial charge in [-0.1, -0.05) is 0 Å². The molecule has 0 saturated heterocycles. The number of hydrogen-bond donors (Lipinski definition) is 0. The SMILES string of the molecule is CC(F)C(F)CCC(F)C(F)CF. The first-order valence-electron chi connectivity index (χ1n) is 4.11. The highest BCUT2D eigenvalue weighted by Gasteiger charge is 2.23. The van der Waals surface area contributed by atoms with Gasteiger partial charge >= 0.3 is 0 Å². The molecule has 4 atom stereocenters. The van der Waals surface area contributed by atoms with E-state index >= 15 is 0 Å². The van der Waals surface area contributed by atoms with Crippen LogP contribution in [-0.4, -0.2) is 31.4 Å². The van der Waals surface area contributed by atoms with Crippen molar-refractivity contribution in [2.24, 2.45) is 0 Å². The van der Waals surface area contributed by atoms with Crippen LogP contribution >= 0.6 is 0 Å². The molecule has 0 saturated carbocycles. The van der Waals surface area contributed by atoms with Gasteiger partial charge in [0.05, 0.1) is 0 Å². The Labute approximate surface area is 74.1 Å². The average Bonchev–Trinajstić information content (AvgIpc) is 2.11. The van der Waals surface area contributed by atoms with E-state index in [0.29, 0.717) is 0 Å². The molecular formula is C8H13F5. The normalized spacial score (nSPS) is 20.8. The summed E-state index contributed by atoms with van der Waals surface area (Å²) in [6.45, 7) is -0.427. The third-order valence-electron chi connectivity index (χ3n) is 1.76. The second-order valence-corrected chi connectivity index (χ2v) is 2.96. The van der Waals surface area contributed by atoms with Crippen LogP contribution < -0.4 is 0 Å². The van der Waals surface area contributed by atoms with Crippen LogP contribution in [0.4, 0.5) is 22.0 Å². The molecule has 0 radical (unpaired) electrons. The molecule has 0 aromatic rings. The third-order valence-corrected chi connectivity index (χ3v) is 1.76. The van der Waals surface area contributed by atoms with Crippen molar-refractivity contribution in [2.75, 3.05) is 6.67 Å². The summed E-state index contributed by atoms with van der Waals surface area (Å²) >= 11 is 0. The average molecular weight is 204 g/mol. The fraction of sp³-hybridized carbons (Fsp3) is 1.00. The lowest BCUT2D eigenvalue weighted by molar-refractivity contribution is 0.106. The molecule has 0 aliphatic carbocycles. The van der Waals surface area contributed by atoms with E-state index in [2.05, 4.69) is 0 Å². The van der Waals surface area contributed by atoms with Crippen LogP contribution in [-0.2, 0) is 0 Å². The zero-order chi connectivity index (χ0) is 10.4. The Kier molecular flexibility index (Phi) is 5.99. The Hall–Kier alpha value is -0.350. The second-order valence-electron chi connectivity index (χ2n) is 2.96. The molecule has 0 bridgehead atoms. The van der Waals surface area contributed by atoms with Crippen molar-refractivity contribution < 1.29 is 22.0 Å². The molecule has 0 nitrogen and oxygen atoms in total. The number of alkyl halides is 5. The summed E-state index contributed by atoms with van der Waals surface area (Å²) in [5.74, 6) is 0. The van der Waals surface area contributed by atoms with Crippen LogP contribution in [0.1, 0.15) is 19.8 Å². The fourth-order valence-corrected chi connectivity index (χ4v) is 0.826. The maximum absolute atomic E-state index is 12.5. The molecule has 0 amide bonds. The fourth-order valence-electron chi connectivity index (χ4n) is 0.826. The van der Waals surface area contributed by atoms with Crippen molar-refractivity contribution >= 4 is 0 Å². The van der Waals surface area contributed by atoms with E-state index in [1.165, 1.54) is 0 Å². The van der Waals surface area contributed by atoms with Crippen molar-refractivity contribution in [3.05, 3.63) is 0 Å². The van der Waals surface area contributed by atoms with Crippen molar-refractivity contribution in [3.8, 4) is 0 Å². The first-order chi connectivity index (χ1) is 5.99. The molecule has 4 unspecified atom stereocenters. The third kappa shape index (κ3) is 5.05. The summed E-state index contributed by atoms with van der Waals surface area (Å²) in [4.78, 5) is 0. The highest BCUT2D eigenvalue weighted by molar-refractivity contribution is 4.71. The van der Waals surface area contributed by atoms with E-state index < -0.39 is 44.2 Å². The number of hydrogen-bond acceptors (Lipinski definition) is 0. The largest absolute Gasteiger partial charge is 0.248 e. The summed E-state index contributed by atoms with van der Waals surface area (Å²) in [5.41, 5.74) is 0. The van der Waals surface area contributed by atoms with Crippen molar-refractivity contribution in [1.29, 1.82) is 0 Å². The Balaban J connectivity index is 3.63. The van der Waals surface area contributed by atoms with Gasteiger partial charge in [0, 0.05) is 0 Å². The molecule has 0 N–H and O–H groups in total. The molecular weight excluding hydrogens is 191 g/mol. The zero-order valence-electron chi connectivity index (χ0n) is 7.32. The molecule has 0 spiro atoms. The summed E-state index contributed by atoms with van der Waals surface area (Å²) in [7, 11) is 0. The van der Waals surface area contributed by atoms with E-state index in [4.69, 9.17) is 0 Å². The Bertz CT molecular complexity index is 128. The summed E-state index contributed by atoms with van der Waals surface area (Å²) < 4.78 is 60.9. The van der Waals surface area contributed by atoms with Crippen molar-refractivity contribution in [1.82, 2.24) is 0 Å². The van der Waals surface area contributed by atoms with Gasteiger partial charge in [-0.3, -0.25) is 0 Å². The van der Waals surface area contributed by atoms with Crippen LogP contribution in [0.15, 0.2) is 0 Å². The minimum absolute atomic E-state index is 0.417. The Morgan fingerprint density at radius 1 is 0.846 bits per heavy atom. The van der Waals surface area contributed by atoms with Gasteiger partial charge in [-0.2, -0.15) is 0 Å². The van der Waals surface area contributed by atoms with Crippen LogP contribution in [0.25, 0.3) is 0 Å². The maximum Gasteiger partial charge on any atom is 0.159 e. The topological polar surface area (TPSA) is 0 Å². The lowest BCUT2D eigenvalue weighted by Gasteiger charge is -2.13. The van der Waals surface area contributed by atoms with Crippen LogP contribution in [0.3, 0.4) is 0 Å². The highest BCUT2D eigenvalue weighted by atomic mass is 19.2. The predicted octanol–water partition coefficient (Wildman–Crippen LogP) is 3.11. The van der Waals surface area contributed by atoms with Gasteiger partial charge in [-0.25, -0.2) is 22.0 Å². The van der Waals surface area contributed by atoms with Gasteiger partial charge in [0.2, 0.25) is 0 Å². The van der Waals surface area contributed by atoms with Crippen LogP contribution in [0.2, 0.25) is 0 Å². The van der Waals surface area contributed by atoms with Gasteiger partial charge in [-0.05, 0) is 19.8 Å². The molecule has 0 heterocycles. The first-order valence-corrected chi connectivity index (χ1v) is 4.11. The molecule has 80 valence electrons. The van der Waals surface area contributed by atoms with E-state index in [-0.39, 0.29) is 0 Å². The highest BCUT2D eigenvalue weighted by Crippen LogP contribution is 2.16. The van der Waals surface area contributed by atoms with Crippen LogP contribution in [0.5, 0.6) is 0 Å². The standard InChI is InChI=1S/C8H13F5/c1-5(10)6(11)2-3-7(12)8(13)4-9/h5-8H,2-4H2,1H3. The van der Waals surface area contributed by atoms with E-state index in [9.17, 15) is 22.0 Å². The summed E-state index contributed by atoms with van der Waals surface area (Å²) in [6.07, 6.45) is -8.66. The number of rotatable bonds is 6. The Morgan fingerprint density at radius 2 is 1.31 bits per heavy atom. The molecule has 13 heavy (non-hydrogen) atoms. The van der Waals surface area contributed by atoms with Gasteiger partial charge in [0.25, 0.3) is 0 Å². The predicted molar refractivity (Wildman–Crippen MR) is 40.5 cm³/mol. The summed E-state index contributed by atoms with van der Waals surface area (Å²) in [5, 5.41) is 0. The van der Waals surface area contributed by atoms with E-state index in [1.807, 2.05) is 0 Å². The smallest absolute Gasteiger partial charge is 0.159 e. The minimum atomic E-state index is -2.22. The summed E-state index contributed by atoms with van der Waals surface area (Å²) in [6, 6.07) is 0. The Morgan fingerprint density at radius 3 is 1.69 bits per heavy atom. The first kappa shape index (κ1) is 12.7. The lowest BCUT2D eigenvalue weighted by Crippen LogP contribution is -2.22. The molecule has 0 aromatic heterocycles. The molecule has 0 fully saturated rings. The lowest BCUT2D eigenvalue weighted by atomic mass is 10.1. The van der Waals surface area contributed by atoms with Gasteiger partial charge in [0.15, 0.2) is 6.17 Å². The second kappa shape index (κ2) is 6.16. The van der Waals surface area contributed by atoms with Gasteiger partial charge in [-0.15, -0.1) is 0 Å². The van der Waals surface area contributed by atoms with Gasteiger partial charge in [0.1, 0.15) is 25.2 Å². The molecule has 0 aromatic carbocycles. The van der Waals surface area contributed by atoms with Gasteiger partial charge < -0.3 is 0 Å². The minimum Gasteiger partial charge on any atom is -0.248 e. The number of halogens is 5. The van der Waals surface area contributed by atoms with E-state index in [1.54, 1.807) is 0 Å². The van der Waals surface area contributed by atoms with Crippen molar-refractivity contribution in [3.63, 3.8) is 0 Å². The van der Waals surface area contributed by atoms with E-state index in [0.717, 1.165) is 6.92 Å². The molecule has 0 rings (SSSR count). The molecule has 0 aliphatic rings. The molecule has 5 heteroatoms. The molecule has 0 aliphatic heterocycles. The van der Waals surface area contributed by atoms with Crippen LogP contribution in [0, 0.1) is 0 Å². The quantitative estimate of drug-likeness (QED) is 0.583. The monoisotopic (exact) mass is 204 g/mol. The van der Waals surface area contributed by atoms with Crippen molar-refractivity contribution in [2.45, 2.75) is 44.5 Å². The maximum atomic E-state index is 12.5.